The quantitative estimate of drug-likeness (QED) is 0.594. The summed E-state index contributed by atoms with van der Waals surface area (Å²) in [7, 11) is 1.59. The zero-order valence-electron chi connectivity index (χ0n) is 18.3. The first-order valence-corrected chi connectivity index (χ1v) is 10.4. The van der Waals surface area contributed by atoms with Gasteiger partial charge < -0.3 is 10.1 Å². The molecule has 0 bridgehead atoms. The van der Waals surface area contributed by atoms with Crippen molar-refractivity contribution in [3.8, 4) is 17.6 Å². The van der Waals surface area contributed by atoms with Crippen LogP contribution in [0, 0.1) is 11.8 Å². The summed E-state index contributed by atoms with van der Waals surface area (Å²) in [6, 6.07) is 20.3. The van der Waals surface area contributed by atoms with Gasteiger partial charge >= 0.3 is 0 Å². The van der Waals surface area contributed by atoms with Gasteiger partial charge in [-0.3, -0.25) is 14.5 Å². The van der Waals surface area contributed by atoms with Gasteiger partial charge in [-0.15, -0.1) is 5.92 Å². The Morgan fingerprint density at radius 2 is 1.81 bits per heavy atom. The summed E-state index contributed by atoms with van der Waals surface area (Å²) in [6.07, 6.45) is 0. The maximum atomic E-state index is 13.3. The third-order valence-electron chi connectivity index (χ3n) is 5.71. The molecule has 0 aromatic heterocycles. The van der Waals surface area contributed by atoms with Crippen molar-refractivity contribution in [2.45, 2.75) is 19.8 Å². The molecule has 0 aliphatic carbocycles. The molecule has 1 unspecified atom stereocenters. The van der Waals surface area contributed by atoms with Crippen molar-refractivity contribution in [3.63, 3.8) is 0 Å². The lowest BCUT2D eigenvalue weighted by atomic mass is 9.89. The summed E-state index contributed by atoms with van der Waals surface area (Å²) in [5.74, 6) is 6.28. The lowest BCUT2D eigenvalue weighted by molar-refractivity contribution is 0.0988. The summed E-state index contributed by atoms with van der Waals surface area (Å²) >= 11 is 0. The fourth-order valence-corrected chi connectivity index (χ4v) is 3.98. The number of amides is 2. The highest BCUT2D eigenvalue weighted by Crippen LogP contribution is 2.39. The molecule has 2 amide bonds. The molecule has 32 heavy (non-hydrogen) atoms. The maximum Gasteiger partial charge on any atom is 0.259 e. The average Bonchev–Trinajstić information content (AvgIpc) is 2.91. The van der Waals surface area contributed by atoms with Gasteiger partial charge in [0.1, 0.15) is 5.75 Å². The molecule has 1 aliphatic heterocycles. The Morgan fingerprint density at radius 3 is 2.53 bits per heavy atom. The lowest BCUT2D eigenvalue weighted by Crippen LogP contribution is -2.31. The van der Waals surface area contributed by atoms with E-state index in [9.17, 15) is 9.59 Å². The van der Waals surface area contributed by atoms with Crippen LogP contribution in [-0.2, 0) is 0 Å². The Morgan fingerprint density at radius 1 is 1.06 bits per heavy atom. The molecule has 160 valence electrons. The predicted molar refractivity (Wildman–Crippen MR) is 126 cm³/mol. The van der Waals surface area contributed by atoms with E-state index >= 15 is 0 Å². The molecule has 4 rings (SSSR count). The molecule has 5 nitrogen and oxygen atoms in total. The summed E-state index contributed by atoms with van der Waals surface area (Å²) in [5, 5.41) is 2.97. The van der Waals surface area contributed by atoms with Crippen molar-refractivity contribution >= 4 is 23.2 Å². The molecule has 1 heterocycles. The van der Waals surface area contributed by atoms with E-state index in [1.54, 1.807) is 43.2 Å². The van der Waals surface area contributed by atoms with Gasteiger partial charge in [-0.1, -0.05) is 31.0 Å². The van der Waals surface area contributed by atoms with Gasteiger partial charge in [0.25, 0.3) is 11.8 Å². The number of ether oxygens (including phenoxy) is 1. The first kappa shape index (κ1) is 21.2. The second kappa shape index (κ2) is 8.99. The highest BCUT2D eigenvalue weighted by Gasteiger charge is 2.30. The Hall–Kier alpha value is -4.04. The van der Waals surface area contributed by atoms with Gasteiger partial charge in [-0.25, -0.2) is 0 Å². The number of hydrogen-bond acceptors (Lipinski definition) is 3. The Bertz CT molecular complexity index is 1240. The highest BCUT2D eigenvalue weighted by atomic mass is 16.5. The van der Waals surface area contributed by atoms with Crippen molar-refractivity contribution in [3.05, 3.63) is 89.0 Å². The van der Waals surface area contributed by atoms with Crippen LogP contribution < -0.4 is 15.0 Å². The minimum Gasteiger partial charge on any atom is -0.497 e. The third-order valence-corrected chi connectivity index (χ3v) is 5.71. The van der Waals surface area contributed by atoms with Gasteiger partial charge in [-0.2, -0.15) is 0 Å². The smallest absolute Gasteiger partial charge is 0.259 e. The summed E-state index contributed by atoms with van der Waals surface area (Å²) in [5.41, 5.74) is 4.62. The number of hydrogen-bond donors (Lipinski definition) is 1. The van der Waals surface area contributed by atoms with Crippen LogP contribution >= 0.6 is 0 Å². The zero-order valence-corrected chi connectivity index (χ0v) is 18.3. The van der Waals surface area contributed by atoms with E-state index in [0.717, 1.165) is 16.8 Å². The van der Waals surface area contributed by atoms with Gasteiger partial charge in [0.2, 0.25) is 0 Å². The molecule has 0 radical (unpaired) electrons. The number of nitrogens with one attached hydrogen (secondary N) is 1. The molecular weight excluding hydrogens is 400 g/mol. The van der Waals surface area contributed by atoms with E-state index in [-0.39, 0.29) is 17.7 Å². The Kier molecular flexibility index (Phi) is 5.96. The molecule has 1 N–H and O–H groups in total. The standard InChI is InChI=1S/C27H24N2O3/c1-4-5-16-29-25-15-12-20(28-26(30)19-10-13-21(32-3)14-11-19)17-24(25)18(2)22-8-6-7-9-23(22)27(29)31/h6-15,17-18H,16H2,1-3H3,(H,28,30). The fraction of sp³-hybridized carbons (Fsp3) is 0.185. The number of carbonyl (C=O) groups is 2. The minimum absolute atomic E-state index is 0.0254. The minimum atomic E-state index is -0.209. The monoisotopic (exact) mass is 424 g/mol. The third kappa shape index (κ3) is 3.95. The predicted octanol–water partition coefficient (Wildman–Crippen LogP) is 5.08. The number of anilines is 2. The van der Waals surface area contributed by atoms with E-state index in [2.05, 4.69) is 24.1 Å². The zero-order chi connectivity index (χ0) is 22.7. The Balaban J connectivity index is 1.72. The van der Waals surface area contributed by atoms with Crippen LogP contribution in [0.1, 0.15) is 51.6 Å². The molecule has 0 spiro atoms. The number of nitrogens with zero attached hydrogens (tertiary/aromatic N) is 1. The first-order chi connectivity index (χ1) is 15.5. The molecule has 1 aliphatic rings. The van der Waals surface area contributed by atoms with E-state index in [4.69, 9.17) is 4.74 Å². The van der Waals surface area contributed by atoms with Crippen LogP contribution in [0.25, 0.3) is 0 Å². The normalized spacial score (nSPS) is 14.4. The topological polar surface area (TPSA) is 58.6 Å². The highest BCUT2D eigenvalue weighted by molar-refractivity contribution is 6.09. The SMILES string of the molecule is CC#CCN1C(=O)c2ccccc2C(C)c2cc(NC(=O)c3ccc(OC)cc3)ccc21. The number of rotatable bonds is 4. The summed E-state index contributed by atoms with van der Waals surface area (Å²) < 4.78 is 5.15. The van der Waals surface area contributed by atoms with Crippen LogP contribution in [0.5, 0.6) is 5.75 Å². The van der Waals surface area contributed by atoms with Crippen molar-refractivity contribution in [1.29, 1.82) is 0 Å². The van der Waals surface area contributed by atoms with Crippen LogP contribution in [-0.4, -0.2) is 25.5 Å². The van der Waals surface area contributed by atoms with Crippen LogP contribution in [0.15, 0.2) is 66.7 Å². The van der Waals surface area contributed by atoms with Crippen molar-refractivity contribution < 1.29 is 14.3 Å². The van der Waals surface area contributed by atoms with E-state index in [1.165, 1.54) is 0 Å². The molecule has 0 saturated carbocycles. The average molecular weight is 425 g/mol. The number of fused-ring (bicyclic) bond motifs is 2. The molecule has 0 saturated heterocycles. The summed E-state index contributed by atoms with van der Waals surface area (Å²) in [6.45, 7) is 4.15. The van der Waals surface area contributed by atoms with Gasteiger partial charge in [-0.05, 0) is 66.6 Å². The van der Waals surface area contributed by atoms with Crippen LogP contribution in [0.3, 0.4) is 0 Å². The second-order valence-electron chi connectivity index (χ2n) is 7.58. The van der Waals surface area contributed by atoms with Crippen molar-refractivity contribution in [1.82, 2.24) is 0 Å². The number of carbonyl (C=O) groups excluding carboxylic acids is 2. The molecule has 3 aromatic carbocycles. The van der Waals surface area contributed by atoms with Gasteiger partial charge in [0, 0.05) is 28.4 Å². The van der Waals surface area contributed by atoms with E-state index in [0.29, 0.717) is 29.1 Å². The van der Waals surface area contributed by atoms with Crippen molar-refractivity contribution in [2.24, 2.45) is 0 Å². The number of methoxy groups -OCH3 is 1. The molecule has 0 fully saturated rings. The van der Waals surface area contributed by atoms with Crippen LogP contribution in [0.4, 0.5) is 11.4 Å². The van der Waals surface area contributed by atoms with Crippen LogP contribution in [0.2, 0.25) is 0 Å². The summed E-state index contributed by atoms with van der Waals surface area (Å²) in [4.78, 5) is 27.8. The largest absolute Gasteiger partial charge is 0.497 e. The van der Waals surface area contributed by atoms with Gasteiger partial charge in [0.05, 0.1) is 13.7 Å². The lowest BCUT2D eigenvalue weighted by Gasteiger charge is -2.22. The molecule has 1 atom stereocenters. The van der Waals surface area contributed by atoms with E-state index in [1.807, 2.05) is 42.5 Å². The van der Waals surface area contributed by atoms with E-state index < -0.39 is 0 Å². The second-order valence-corrected chi connectivity index (χ2v) is 7.58. The number of benzene rings is 3. The molecule has 3 aromatic rings. The first-order valence-electron chi connectivity index (χ1n) is 10.4. The fourth-order valence-electron chi connectivity index (χ4n) is 3.98. The maximum absolute atomic E-state index is 13.3. The molecule has 5 heteroatoms. The Labute approximate surface area is 188 Å². The van der Waals surface area contributed by atoms with Gasteiger partial charge in [0.15, 0.2) is 0 Å². The molecular formula is C27H24N2O3. The van der Waals surface area contributed by atoms with Crippen molar-refractivity contribution in [2.75, 3.05) is 23.9 Å².